The van der Waals surface area contributed by atoms with Crippen molar-refractivity contribution < 1.29 is 24.7 Å². The maximum absolute atomic E-state index is 11.6. The summed E-state index contributed by atoms with van der Waals surface area (Å²) in [5, 5.41) is 31.6. The number of aliphatic hydroxyl groups is 1. The van der Waals surface area contributed by atoms with Gasteiger partial charge in [-0.25, -0.2) is 0 Å². The first-order chi connectivity index (χ1) is 9.56. The summed E-state index contributed by atoms with van der Waals surface area (Å²) in [6.07, 6.45) is 1.52. The molecule has 0 radical (unpaired) electrons. The summed E-state index contributed by atoms with van der Waals surface area (Å²) in [5.74, 6) is -0.449. The van der Waals surface area contributed by atoms with Crippen molar-refractivity contribution in [2.45, 2.75) is 38.7 Å². The third kappa shape index (κ3) is 2.89. The first-order valence-corrected chi connectivity index (χ1v) is 6.65. The van der Waals surface area contributed by atoms with Gasteiger partial charge in [-0.2, -0.15) is 0 Å². The number of rotatable bonds is 4. The van der Waals surface area contributed by atoms with Crippen molar-refractivity contribution in [2.24, 2.45) is 0 Å². The molecule has 7 heteroatoms. The predicted octanol–water partition coefficient (Wildman–Crippen LogP) is 0.124. The molecule has 2 rings (SSSR count). The summed E-state index contributed by atoms with van der Waals surface area (Å²) in [6, 6.07) is 3.13. The van der Waals surface area contributed by atoms with E-state index in [-0.39, 0.29) is 23.8 Å². The molecule has 4 N–H and O–H groups in total. The van der Waals surface area contributed by atoms with Crippen molar-refractivity contribution >= 4 is 13.0 Å². The van der Waals surface area contributed by atoms with Gasteiger partial charge < -0.3 is 25.2 Å². The van der Waals surface area contributed by atoms with Gasteiger partial charge in [0.15, 0.2) is 0 Å². The van der Waals surface area contributed by atoms with Crippen LogP contribution in [0.5, 0.6) is 11.5 Å². The molecule has 1 aliphatic heterocycles. The number of carbonyl (C=O) groups is 1. The van der Waals surface area contributed by atoms with E-state index < -0.39 is 13.1 Å². The molecule has 0 bridgehead atoms. The maximum atomic E-state index is 11.6. The molecule has 0 saturated heterocycles. The first kappa shape index (κ1) is 14.7. The van der Waals surface area contributed by atoms with Crippen LogP contribution in [0.2, 0.25) is 0 Å². The topological polar surface area (TPSA) is 99.0 Å². The minimum Gasteiger partial charge on any atom is -0.534 e. The zero-order chi connectivity index (χ0) is 14.7. The second-order valence-corrected chi connectivity index (χ2v) is 4.85. The lowest BCUT2D eigenvalue weighted by Gasteiger charge is -2.29. The number of carbonyl (C=O) groups excluding carboxylic acids is 1. The molecule has 0 saturated carbocycles. The second kappa shape index (κ2) is 6.15. The van der Waals surface area contributed by atoms with Crippen molar-refractivity contribution in [3.05, 3.63) is 23.3 Å². The Morgan fingerprint density at radius 1 is 1.55 bits per heavy atom. The SMILES string of the molecule is CCCC(=O)N[C@H]1Cc2ccc(O)c(CO)c2OB1O. The number of aliphatic hydroxyl groups excluding tert-OH is 1. The summed E-state index contributed by atoms with van der Waals surface area (Å²) in [5.41, 5.74) is 0.985. The number of fused-ring (bicyclic) bond motifs is 1. The van der Waals surface area contributed by atoms with Crippen LogP contribution < -0.4 is 9.97 Å². The standard InChI is InChI=1S/C13H18BNO5/c1-2-3-12(18)15-11-6-8-4-5-10(17)9(7-16)13(8)20-14(11)19/h4-5,11,16-17,19H,2-3,6-7H2,1H3,(H,15,18)/t11-/m0/s1. The highest BCUT2D eigenvalue weighted by atomic mass is 16.5. The summed E-state index contributed by atoms with van der Waals surface area (Å²) in [6.45, 7) is 1.52. The van der Waals surface area contributed by atoms with E-state index in [4.69, 9.17) is 4.65 Å². The molecule has 0 aliphatic carbocycles. The maximum Gasteiger partial charge on any atom is 0.547 e. The number of hydrogen-bond acceptors (Lipinski definition) is 5. The van der Waals surface area contributed by atoms with Gasteiger partial charge in [-0.15, -0.1) is 0 Å². The molecule has 0 unspecified atom stereocenters. The zero-order valence-corrected chi connectivity index (χ0v) is 11.3. The summed E-state index contributed by atoms with van der Waals surface area (Å²) >= 11 is 0. The first-order valence-electron chi connectivity index (χ1n) is 6.65. The van der Waals surface area contributed by atoms with Crippen LogP contribution >= 0.6 is 0 Å². The minimum absolute atomic E-state index is 0.0769. The summed E-state index contributed by atoms with van der Waals surface area (Å²) < 4.78 is 5.35. The van der Waals surface area contributed by atoms with Gasteiger partial charge in [0, 0.05) is 6.42 Å². The van der Waals surface area contributed by atoms with Crippen LogP contribution in [-0.4, -0.2) is 34.2 Å². The van der Waals surface area contributed by atoms with Crippen molar-refractivity contribution in [1.82, 2.24) is 5.32 Å². The van der Waals surface area contributed by atoms with Crippen molar-refractivity contribution in [2.75, 3.05) is 0 Å². The monoisotopic (exact) mass is 279 g/mol. The summed E-state index contributed by atoms with van der Waals surface area (Å²) in [4.78, 5) is 11.6. The van der Waals surface area contributed by atoms with E-state index in [2.05, 4.69) is 5.32 Å². The smallest absolute Gasteiger partial charge is 0.534 e. The van der Waals surface area contributed by atoms with Crippen LogP contribution in [0.15, 0.2) is 12.1 Å². The molecule has 0 fully saturated rings. The normalized spacial score (nSPS) is 17.4. The Labute approximate surface area is 117 Å². The Hall–Kier alpha value is -1.73. The summed E-state index contributed by atoms with van der Waals surface area (Å²) in [7, 11) is -1.20. The van der Waals surface area contributed by atoms with Gasteiger partial charge in [-0.3, -0.25) is 4.79 Å². The van der Waals surface area contributed by atoms with Crippen LogP contribution in [0.25, 0.3) is 0 Å². The molecule has 1 heterocycles. The third-order valence-corrected chi connectivity index (χ3v) is 3.32. The number of hydrogen-bond donors (Lipinski definition) is 4. The van der Waals surface area contributed by atoms with E-state index in [0.29, 0.717) is 18.6 Å². The fraction of sp³-hybridized carbons (Fsp3) is 0.462. The molecule has 20 heavy (non-hydrogen) atoms. The van der Waals surface area contributed by atoms with Crippen LogP contribution in [0.3, 0.4) is 0 Å². The van der Waals surface area contributed by atoms with E-state index in [0.717, 1.165) is 12.0 Å². The highest BCUT2D eigenvalue weighted by Crippen LogP contribution is 2.35. The zero-order valence-electron chi connectivity index (χ0n) is 11.3. The Morgan fingerprint density at radius 2 is 2.30 bits per heavy atom. The molecule has 6 nitrogen and oxygen atoms in total. The van der Waals surface area contributed by atoms with Gasteiger partial charge in [0.25, 0.3) is 0 Å². The van der Waals surface area contributed by atoms with Crippen LogP contribution in [0.4, 0.5) is 0 Å². The van der Waals surface area contributed by atoms with E-state index in [1.807, 2.05) is 6.92 Å². The lowest BCUT2D eigenvalue weighted by molar-refractivity contribution is -0.121. The second-order valence-electron chi connectivity index (χ2n) is 4.85. The number of aromatic hydroxyl groups is 1. The van der Waals surface area contributed by atoms with E-state index in [9.17, 15) is 20.0 Å². The number of benzene rings is 1. The van der Waals surface area contributed by atoms with Gasteiger partial charge in [0.2, 0.25) is 5.91 Å². The fourth-order valence-corrected chi connectivity index (χ4v) is 2.30. The third-order valence-electron chi connectivity index (χ3n) is 3.32. The Bertz CT molecular complexity index is 508. The van der Waals surface area contributed by atoms with Gasteiger partial charge in [-0.1, -0.05) is 13.0 Å². The Kier molecular flexibility index (Phi) is 4.51. The highest BCUT2D eigenvalue weighted by Gasteiger charge is 2.37. The largest absolute Gasteiger partial charge is 0.547 e. The molecular weight excluding hydrogens is 261 g/mol. The quantitative estimate of drug-likeness (QED) is 0.587. The molecule has 1 amide bonds. The van der Waals surface area contributed by atoms with Gasteiger partial charge in [-0.05, 0) is 24.5 Å². The number of nitrogens with one attached hydrogen (secondary N) is 1. The fourth-order valence-electron chi connectivity index (χ4n) is 2.30. The number of phenols is 1. The van der Waals surface area contributed by atoms with Crippen LogP contribution in [0, 0.1) is 0 Å². The lowest BCUT2D eigenvalue weighted by atomic mass is 9.72. The molecule has 1 atom stereocenters. The average Bonchev–Trinajstić information content (AvgIpc) is 2.40. The lowest BCUT2D eigenvalue weighted by Crippen LogP contribution is -2.53. The van der Waals surface area contributed by atoms with Crippen molar-refractivity contribution in [3.63, 3.8) is 0 Å². The molecule has 1 aliphatic rings. The van der Waals surface area contributed by atoms with Gasteiger partial charge in [0.1, 0.15) is 11.5 Å². The average molecular weight is 279 g/mol. The van der Waals surface area contributed by atoms with Crippen LogP contribution in [0.1, 0.15) is 30.9 Å². The van der Waals surface area contributed by atoms with E-state index in [1.165, 1.54) is 6.07 Å². The number of amides is 1. The van der Waals surface area contributed by atoms with Gasteiger partial charge in [0.05, 0.1) is 18.1 Å². The van der Waals surface area contributed by atoms with Crippen molar-refractivity contribution in [1.29, 1.82) is 0 Å². The van der Waals surface area contributed by atoms with E-state index in [1.54, 1.807) is 6.07 Å². The molecule has 108 valence electrons. The molecule has 1 aromatic rings. The Morgan fingerprint density at radius 3 is 2.95 bits per heavy atom. The minimum atomic E-state index is -1.20. The van der Waals surface area contributed by atoms with Gasteiger partial charge >= 0.3 is 7.12 Å². The predicted molar refractivity (Wildman–Crippen MR) is 73.2 cm³/mol. The highest BCUT2D eigenvalue weighted by molar-refractivity contribution is 6.46. The van der Waals surface area contributed by atoms with Crippen molar-refractivity contribution in [3.8, 4) is 11.5 Å². The van der Waals surface area contributed by atoms with Crippen LogP contribution in [-0.2, 0) is 17.8 Å². The molecule has 0 spiro atoms. The van der Waals surface area contributed by atoms with E-state index >= 15 is 0 Å². The Balaban J connectivity index is 2.19. The molecular formula is C13H18BNO5. The molecule has 1 aromatic carbocycles. The molecule has 0 aromatic heterocycles.